The number of halogens is 1. The SMILES string of the molecule is COc1ccc(S(=O)(=O)c2c(Nc3ccc(C)cc3)sc(C(=O)c3ccc(Cl)cc3)c2N)cc1. The molecule has 6 nitrogen and oxygen atoms in total. The highest BCUT2D eigenvalue weighted by atomic mass is 35.5. The quantitative estimate of drug-likeness (QED) is 0.290. The molecule has 0 radical (unpaired) electrons. The van der Waals surface area contributed by atoms with Crippen LogP contribution in [0, 0.1) is 6.92 Å². The third kappa shape index (κ3) is 4.65. The van der Waals surface area contributed by atoms with Gasteiger partial charge >= 0.3 is 0 Å². The van der Waals surface area contributed by atoms with Crippen molar-refractivity contribution in [1.82, 2.24) is 0 Å². The normalized spacial score (nSPS) is 11.3. The molecular weight excluding hydrogens is 492 g/mol. The molecule has 34 heavy (non-hydrogen) atoms. The second kappa shape index (κ2) is 9.50. The summed E-state index contributed by atoms with van der Waals surface area (Å²) < 4.78 is 32.4. The molecule has 0 fully saturated rings. The van der Waals surface area contributed by atoms with Gasteiger partial charge < -0.3 is 15.8 Å². The van der Waals surface area contributed by atoms with Gasteiger partial charge in [-0.15, -0.1) is 11.3 Å². The highest BCUT2D eigenvalue weighted by Gasteiger charge is 2.31. The first kappa shape index (κ1) is 23.8. The van der Waals surface area contributed by atoms with Crippen LogP contribution >= 0.6 is 22.9 Å². The number of nitrogen functional groups attached to an aromatic ring is 1. The number of nitrogens with one attached hydrogen (secondary N) is 1. The minimum Gasteiger partial charge on any atom is -0.497 e. The highest BCUT2D eigenvalue weighted by molar-refractivity contribution is 7.92. The molecule has 9 heteroatoms. The van der Waals surface area contributed by atoms with Crippen LogP contribution in [0.3, 0.4) is 0 Å². The van der Waals surface area contributed by atoms with E-state index in [0.717, 1.165) is 16.9 Å². The van der Waals surface area contributed by atoms with Gasteiger partial charge in [0.15, 0.2) is 0 Å². The van der Waals surface area contributed by atoms with E-state index >= 15 is 0 Å². The Bertz CT molecular complexity index is 1440. The fraction of sp³-hybridized carbons (Fsp3) is 0.0800. The van der Waals surface area contributed by atoms with Crippen LogP contribution in [-0.4, -0.2) is 21.3 Å². The summed E-state index contributed by atoms with van der Waals surface area (Å²) in [6, 6.07) is 19.8. The summed E-state index contributed by atoms with van der Waals surface area (Å²) in [5.41, 5.74) is 8.33. The van der Waals surface area contributed by atoms with E-state index in [0.29, 0.717) is 22.0 Å². The van der Waals surface area contributed by atoms with Crippen LogP contribution in [0.1, 0.15) is 20.8 Å². The van der Waals surface area contributed by atoms with Gasteiger partial charge in [0.25, 0.3) is 0 Å². The van der Waals surface area contributed by atoms with Crippen LogP contribution in [0.25, 0.3) is 0 Å². The molecule has 174 valence electrons. The van der Waals surface area contributed by atoms with Crippen molar-refractivity contribution in [3.63, 3.8) is 0 Å². The summed E-state index contributed by atoms with van der Waals surface area (Å²) in [4.78, 5) is 13.3. The Morgan fingerprint density at radius 2 is 1.59 bits per heavy atom. The van der Waals surface area contributed by atoms with E-state index in [9.17, 15) is 13.2 Å². The van der Waals surface area contributed by atoms with Crippen molar-refractivity contribution in [2.45, 2.75) is 16.7 Å². The number of anilines is 3. The lowest BCUT2D eigenvalue weighted by molar-refractivity contribution is 0.104. The van der Waals surface area contributed by atoms with Crippen molar-refractivity contribution in [1.29, 1.82) is 0 Å². The minimum atomic E-state index is -4.06. The summed E-state index contributed by atoms with van der Waals surface area (Å²) in [5.74, 6) is 0.135. The minimum absolute atomic E-state index is 0.0373. The zero-order valence-electron chi connectivity index (χ0n) is 18.3. The van der Waals surface area contributed by atoms with Crippen LogP contribution in [-0.2, 0) is 9.84 Å². The molecule has 4 aromatic rings. The Labute approximate surface area is 206 Å². The van der Waals surface area contributed by atoms with Crippen molar-refractivity contribution in [3.8, 4) is 5.75 Å². The molecule has 3 N–H and O–H groups in total. The molecule has 0 amide bonds. The lowest BCUT2D eigenvalue weighted by atomic mass is 10.1. The van der Waals surface area contributed by atoms with Gasteiger partial charge in [0.2, 0.25) is 15.6 Å². The fourth-order valence-corrected chi connectivity index (χ4v) is 6.38. The molecule has 3 aromatic carbocycles. The first-order valence-corrected chi connectivity index (χ1v) is 12.8. The zero-order valence-corrected chi connectivity index (χ0v) is 20.7. The van der Waals surface area contributed by atoms with E-state index in [1.807, 2.05) is 31.2 Å². The van der Waals surface area contributed by atoms with Crippen LogP contribution in [0.4, 0.5) is 16.4 Å². The fourth-order valence-electron chi connectivity index (χ4n) is 3.32. The number of hydrogen-bond acceptors (Lipinski definition) is 7. The maximum absolute atomic E-state index is 13.7. The van der Waals surface area contributed by atoms with E-state index in [1.54, 1.807) is 36.4 Å². The number of hydrogen-bond donors (Lipinski definition) is 2. The summed E-state index contributed by atoms with van der Waals surface area (Å²) in [6.07, 6.45) is 0. The topological polar surface area (TPSA) is 98.5 Å². The molecule has 0 aliphatic rings. The number of methoxy groups -OCH3 is 1. The summed E-state index contributed by atoms with van der Waals surface area (Å²) >= 11 is 6.94. The number of ether oxygens (including phenoxy) is 1. The number of sulfone groups is 1. The molecule has 0 atom stereocenters. The van der Waals surface area contributed by atoms with Crippen LogP contribution in [0.2, 0.25) is 5.02 Å². The van der Waals surface area contributed by atoms with Crippen LogP contribution < -0.4 is 15.8 Å². The third-order valence-corrected chi connectivity index (χ3v) is 8.52. The van der Waals surface area contributed by atoms with E-state index in [2.05, 4.69) is 5.32 Å². The molecule has 0 bridgehead atoms. The van der Waals surface area contributed by atoms with Gasteiger partial charge in [-0.1, -0.05) is 29.3 Å². The van der Waals surface area contributed by atoms with Gasteiger partial charge in [-0.3, -0.25) is 4.79 Å². The number of thiophene rings is 1. The van der Waals surface area contributed by atoms with E-state index in [4.69, 9.17) is 22.1 Å². The first-order chi connectivity index (χ1) is 16.2. The maximum atomic E-state index is 13.7. The Balaban J connectivity index is 1.86. The smallest absolute Gasteiger partial charge is 0.211 e. The first-order valence-electron chi connectivity index (χ1n) is 10.2. The van der Waals surface area contributed by atoms with Gasteiger partial charge in [-0.2, -0.15) is 0 Å². The molecule has 1 aromatic heterocycles. The summed E-state index contributed by atoms with van der Waals surface area (Å²) in [6.45, 7) is 1.95. The summed E-state index contributed by atoms with van der Waals surface area (Å²) in [5, 5.41) is 3.88. The predicted molar refractivity (Wildman–Crippen MR) is 137 cm³/mol. The Morgan fingerprint density at radius 3 is 2.18 bits per heavy atom. The van der Waals surface area contributed by atoms with Crippen molar-refractivity contribution < 1.29 is 17.9 Å². The second-order valence-corrected chi connectivity index (χ2v) is 10.9. The molecule has 0 aliphatic heterocycles. The van der Waals surface area contributed by atoms with E-state index in [-0.39, 0.29) is 31.1 Å². The van der Waals surface area contributed by atoms with Gasteiger partial charge in [-0.25, -0.2) is 8.42 Å². The summed E-state index contributed by atoms with van der Waals surface area (Å²) in [7, 11) is -2.56. The largest absolute Gasteiger partial charge is 0.497 e. The van der Waals surface area contributed by atoms with Crippen molar-refractivity contribution in [2.24, 2.45) is 0 Å². The van der Waals surface area contributed by atoms with Crippen molar-refractivity contribution in [3.05, 3.63) is 93.8 Å². The maximum Gasteiger partial charge on any atom is 0.211 e. The molecular formula is C25H21ClN2O4S2. The molecule has 0 spiro atoms. The zero-order chi connectivity index (χ0) is 24.5. The highest BCUT2D eigenvalue weighted by Crippen LogP contribution is 2.44. The average Bonchev–Trinajstić information content (AvgIpc) is 3.16. The lowest BCUT2D eigenvalue weighted by Crippen LogP contribution is -2.08. The predicted octanol–water partition coefficient (Wildman–Crippen LogP) is 6.11. The number of nitrogens with two attached hydrogens (primary N) is 1. The molecule has 0 saturated carbocycles. The van der Waals surface area contributed by atoms with Gasteiger partial charge in [-0.05, 0) is 67.6 Å². The standard InChI is InChI=1S/C25H21ClN2O4S2/c1-15-3-9-18(10-4-15)28-25-24(34(30,31)20-13-11-19(32-2)12-14-20)21(27)23(33-25)22(29)16-5-7-17(26)8-6-16/h3-14,28H,27H2,1-2H3. The lowest BCUT2D eigenvalue weighted by Gasteiger charge is -2.10. The second-order valence-electron chi connectivity index (χ2n) is 7.51. The van der Waals surface area contributed by atoms with Gasteiger partial charge in [0, 0.05) is 16.3 Å². The van der Waals surface area contributed by atoms with Gasteiger partial charge in [0.1, 0.15) is 20.5 Å². The molecule has 0 saturated heterocycles. The number of benzene rings is 3. The van der Waals surface area contributed by atoms with E-state index in [1.165, 1.54) is 19.2 Å². The third-order valence-electron chi connectivity index (χ3n) is 5.16. The Morgan fingerprint density at radius 1 is 0.971 bits per heavy atom. The monoisotopic (exact) mass is 512 g/mol. The van der Waals surface area contributed by atoms with Crippen molar-refractivity contribution >= 4 is 54.9 Å². The van der Waals surface area contributed by atoms with E-state index < -0.39 is 9.84 Å². The molecule has 0 unspecified atom stereocenters. The van der Waals surface area contributed by atoms with Crippen LogP contribution in [0.5, 0.6) is 5.75 Å². The molecule has 4 rings (SSSR count). The number of aryl methyl sites for hydroxylation is 1. The average molecular weight is 513 g/mol. The Kier molecular flexibility index (Phi) is 6.65. The number of rotatable bonds is 7. The van der Waals surface area contributed by atoms with Crippen LogP contribution in [0.15, 0.2) is 82.6 Å². The van der Waals surface area contributed by atoms with Crippen molar-refractivity contribution in [2.75, 3.05) is 18.2 Å². The number of carbonyl (C=O) groups excluding carboxylic acids is 1. The Hall–Kier alpha value is -3.33. The molecule has 0 aliphatic carbocycles. The number of carbonyl (C=O) groups is 1. The van der Waals surface area contributed by atoms with Gasteiger partial charge in [0.05, 0.1) is 17.7 Å². The molecule has 1 heterocycles. The number of ketones is 1.